The number of ether oxygens (including phenoxy) is 1. The van der Waals surface area contributed by atoms with Crippen LogP contribution in [0.5, 0.6) is 0 Å². The summed E-state index contributed by atoms with van der Waals surface area (Å²) < 4.78 is 35.8. The molecule has 1 unspecified atom stereocenters. The summed E-state index contributed by atoms with van der Waals surface area (Å²) in [7, 11) is 2.00. The summed E-state index contributed by atoms with van der Waals surface area (Å²) in [6, 6.07) is 11.9. The Morgan fingerprint density at radius 3 is 2.42 bits per heavy atom. The Hall–Kier alpha value is -2.50. The molecule has 1 amide bonds. The van der Waals surface area contributed by atoms with Gasteiger partial charge in [-0.2, -0.15) is 4.31 Å². The molecule has 4 rings (SSSR count). The summed E-state index contributed by atoms with van der Waals surface area (Å²) >= 11 is 1.64. The van der Waals surface area contributed by atoms with Crippen molar-refractivity contribution >= 4 is 27.3 Å². The molecule has 0 saturated carbocycles. The summed E-state index contributed by atoms with van der Waals surface area (Å²) in [5.41, 5.74) is 4.84. The molecule has 0 spiro atoms. The molecular formula is C28H38N4O4S2. The fourth-order valence-electron chi connectivity index (χ4n) is 5.30. The van der Waals surface area contributed by atoms with Crippen molar-refractivity contribution in [3.8, 4) is 0 Å². The van der Waals surface area contributed by atoms with Crippen LogP contribution in [0.2, 0.25) is 0 Å². The van der Waals surface area contributed by atoms with E-state index in [1.807, 2.05) is 49.3 Å². The molecule has 8 nitrogen and oxygen atoms in total. The molecule has 10 heteroatoms. The molecule has 3 aromatic rings. The molecule has 0 fully saturated rings. The van der Waals surface area contributed by atoms with Crippen molar-refractivity contribution in [3.63, 3.8) is 0 Å². The number of sulfonamides is 1. The van der Waals surface area contributed by atoms with E-state index in [-0.39, 0.29) is 31.7 Å². The van der Waals surface area contributed by atoms with E-state index >= 15 is 0 Å². The van der Waals surface area contributed by atoms with E-state index in [9.17, 15) is 13.2 Å². The number of nitrogens with zero attached hydrogens (tertiary/aromatic N) is 4. The number of aromatic nitrogens is 1. The molecule has 3 heterocycles. The molecular weight excluding hydrogens is 520 g/mol. The molecule has 0 N–H and O–H groups in total. The Morgan fingerprint density at radius 1 is 1.08 bits per heavy atom. The van der Waals surface area contributed by atoms with Crippen LogP contribution in [0.3, 0.4) is 0 Å². The maximum Gasteiger partial charge on any atom is 0.249 e. The monoisotopic (exact) mass is 558 g/mol. The average molecular weight is 559 g/mol. The quantitative estimate of drug-likeness (QED) is 0.354. The first kappa shape index (κ1) is 28.5. The number of carbonyl (C=O) groups excluding carboxylic acids is 1. The van der Waals surface area contributed by atoms with Crippen LogP contribution < -0.4 is 0 Å². The highest BCUT2D eigenvalue weighted by Crippen LogP contribution is 2.36. The van der Waals surface area contributed by atoms with Crippen molar-refractivity contribution in [2.75, 3.05) is 47.4 Å². The summed E-state index contributed by atoms with van der Waals surface area (Å²) in [6.45, 7) is 7.95. The van der Waals surface area contributed by atoms with Gasteiger partial charge < -0.3 is 19.1 Å². The molecule has 0 aliphatic carbocycles. The number of rotatable bonds is 10. The number of likely N-dealkylation sites (N-methyl/N-ethyl adjacent to an activating group) is 1. The molecule has 0 radical (unpaired) electrons. The van der Waals surface area contributed by atoms with Gasteiger partial charge in [0.2, 0.25) is 15.9 Å². The number of aryl methyl sites for hydroxylation is 3. The van der Waals surface area contributed by atoms with Crippen LogP contribution >= 0.6 is 11.3 Å². The largest absolute Gasteiger partial charge is 0.370 e. The first-order valence-corrected chi connectivity index (χ1v) is 15.1. The molecule has 0 bridgehead atoms. The SMILES string of the molecule is Cc1cc(C)c(S(=O)(=O)N(C)CCOCC(=O)N2CCn3c(CN(C)C)ccc3C2c2cccs2)c(C)c1. The van der Waals surface area contributed by atoms with E-state index in [0.29, 0.717) is 11.4 Å². The van der Waals surface area contributed by atoms with Gasteiger partial charge in [0.15, 0.2) is 0 Å². The van der Waals surface area contributed by atoms with E-state index in [2.05, 4.69) is 41.8 Å². The second kappa shape index (κ2) is 11.7. The van der Waals surface area contributed by atoms with Gasteiger partial charge in [0.1, 0.15) is 12.6 Å². The zero-order chi connectivity index (χ0) is 27.6. The van der Waals surface area contributed by atoms with E-state index in [1.54, 1.807) is 18.4 Å². The minimum atomic E-state index is -3.66. The smallest absolute Gasteiger partial charge is 0.249 e. The first-order valence-electron chi connectivity index (χ1n) is 12.8. The van der Waals surface area contributed by atoms with Crippen molar-refractivity contribution in [2.45, 2.75) is 44.8 Å². The highest BCUT2D eigenvalue weighted by Gasteiger charge is 2.34. The first-order chi connectivity index (χ1) is 18.0. The molecule has 2 aromatic heterocycles. The number of amides is 1. The Labute approximate surface area is 230 Å². The number of thiophene rings is 1. The Bertz CT molecular complexity index is 1360. The number of benzene rings is 1. The van der Waals surface area contributed by atoms with E-state index in [0.717, 1.165) is 40.4 Å². The number of fused-ring (bicyclic) bond motifs is 1. The molecule has 1 atom stereocenters. The third-order valence-corrected chi connectivity index (χ3v) is 10.0. The fourth-order valence-corrected chi connectivity index (χ4v) is 7.70. The number of carbonyl (C=O) groups is 1. The van der Waals surface area contributed by atoms with Crippen LogP contribution in [0.15, 0.2) is 46.7 Å². The van der Waals surface area contributed by atoms with Gasteiger partial charge in [0, 0.05) is 49.5 Å². The zero-order valence-corrected chi connectivity index (χ0v) is 24.7. The maximum absolute atomic E-state index is 13.3. The summed E-state index contributed by atoms with van der Waals surface area (Å²) in [6.07, 6.45) is 0. The molecule has 38 heavy (non-hydrogen) atoms. The van der Waals surface area contributed by atoms with Crippen LogP contribution in [0, 0.1) is 20.8 Å². The van der Waals surface area contributed by atoms with Gasteiger partial charge in [-0.25, -0.2) is 8.42 Å². The van der Waals surface area contributed by atoms with Gasteiger partial charge in [-0.1, -0.05) is 23.8 Å². The van der Waals surface area contributed by atoms with Gasteiger partial charge in [-0.15, -0.1) is 11.3 Å². The highest BCUT2D eigenvalue weighted by molar-refractivity contribution is 7.89. The van der Waals surface area contributed by atoms with Crippen LogP contribution in [-0.2, 0) is 32.6 Å². The van der Waals surface area contributed by atoms with Gasteiger partial charge in [-0.05, 0) is 69.6 Å². The predicted octanol–water partition coefficient (Wildman–Crippen LogP) is 3.81. The second-order valence-corrected chi connectivity index (χ2v) is 13.2. The van der Waals surface area contributed by atoms with Crippen LogP contribution in [-0.4, -0.2) is 80.4 Å². The fraction of sp³-hybridized carbons (Fsp3) is 0.464. The Balaban J connectivity index is 1.40. The minimum Gasteiger partial charge on any atom is -0.370 e. The number of hydrogen-bond acceptors (Lipinski definition) is 6. The Kier molecular flexibility index (Phi) is 8.78. The molecule has 1 aromatic carbocycles. The van der Waals surface area contributed by atoms with Gasteiger partial charge in [0.25, 0.3) is 0 Å². The highest BCUT2D eigenvalue weighted by atomic mass is 32.2. The predicted molar refractivity (Wildman–Crippen MR) is 151 cm³/mol. The lowest BCUT2D eigenvalue weighted by Crippen LogP contribution is -2.44. The topological polar surface area (TPSA) is 75.1 Å². The van der Waals surface area contributed by atoms with Gasteiger partial charge in [0.05, 0.1) is 11.5 Å². The van der Waals surface area contributed by atoms with E-state index in [1.165, 1.54) is 10.00 Å². The van der Waals surface area contributed by atoms with Crippen molar-refractivity contribution in [2.24, 2.45) is 0 Å². The molecule has 206 valence electrons. The maximum atomic E-state index is 13.3. The third kappa shape index (κ3) is 5.89. The van der Waals surface area contributed by atoms with Crippen LogP contribution in [0.4, 0.5) is 0 Å². The van der Waals surface area contributed by atoms with Crippen LogP contribution in [0.1, 0.15) is 39.0 Å². The second-order valence-electron chi connectivity index (χ2n) is 10.3. The molecule has 0 saturated heterocycles. The zero-order valence-electron chi connectivity index (χ0n) is 23.1. The van der Waals surface area contributed by atoms with Crippen molar-refractivity contribution in [1.29, 1.82) is 0 Å². The standard InChI is InChI=1S/C28H38N4O4S2/c1-20-16-21(2)28(22(3)17-20)38(34,35)30(6)13-14-36-19-26(33)32-12-11-31-23(18-29(4)5)9-10-24(31)27(32)25-8-7-15-37-25/h7-10,15-17,27H,11-14,18-19H2,1-6H3. The molecule has 1 aliphatic heterocycles. The van der Waals surface area contributed by atoms with Crippen molar-refractivity contribution in [3.05, 3.63) is 74.7 Å². The van der Waals surface area contributed by atoms with Crippen molar-refractivity contribution in [1.82, 2.24) is 18.7 Å². The van der Waals surface area contributed by atoms with Crippen molar-refractivity contribution < 1.29 is 17.9 Å². The van der Waals surface area contributed by atoms with Crippen LogP contribution in [0.25, 0.3) is 0 Å². The lowest BCUT2D eigenvalue weighted by Gasteiger charge is -2.37. The summed E-state index contributed by atoms with van der Waals surface area (Å²) in [4.78, 5) is 18.8. The summed E-state index contributed by atoms with van der Waals surface area (Å²) in [5.74, 6) is -0.0965. The lowest BCUT2D eigenvalue weighted by atomic mass is 10.1. The summed E-state index contributed by atoms with van der Waals surface area (Å²) in [5, 5.41) is 2.03. The minimum absolute atomic E-state index is 0.0936. The lowest BCUT2D eigenvalue weighted by molar-refractivity contribution is -0.138. The van der Waals surface area contributed by atoms with E-state index < -0.39 is 10.0 Å². The Morgan fingerprint density at radius 2 is 1.79 bits per heavy atom. The number of hydrogen-bond donors (Lipinski definition) is 0. The van der Waals surface area contributed by atoms with Gasteiger partial charge >= 0.3 is 0 Å². The van der Waals surface area contributed by atoms with Gasteiger partial charge in [-0.3, -0.25) is 4.79 Å². The normalized spacial score (nSPS) is 15.9. The third-order valence-electron chi connectivity index (χ3n) is 6.92. The van der Waals surface area contributed by atoms with E-state index in [4.69, 9.17) is 4.74 Å². The molecule has 1 aliphatic rings. The average Bonchev–Trinajstić information content (AvgIpc) is 3.50.